The van der Waals surface area contributed by atoms with E-state index in [1.54, 1.807) is 17.9 Å². The number of pyridine rings is 1. The molecule has 1 unspecified atom stereocenters. The Morgan fingerprint density at radius 3 is 2.84 bits per heavy atom. The van der Waals surface area contributed by atoms with Gasteiger partial charge in [-0.3, -0.25) is 19.1 Å². The average molecular weight is 539 g/mol. The Morgan fingerprint density at radius 1 is 1.30 bits per heavy atom. The van der Waals surface area contributed by atoms with Gasteiger partial charge < -0.3 is 19.5 Å². The fourth-order valence-corrected chi connectivity index (χ4v) is 5.93. The van der Waals surface area contributed by atoms with Crippen molar-refractivity contribution in [3.8, 4) is 17.6 Å². The Labute approximate surface area is 224 Å². The predicted molar refractivity (Wildman–Crippen MR) is 145 cm³/mol. The van der Waals surface area contributed by atoms with Gasteiger partial charge in [-0.15, -0.1) is 0 Å². The fraction of sp³-hybridized carbons (Fsp3) is 0.385. The zero-order valence-corrected chi connectivity index (χ0v) is 22.2. The Balaban J connectivity index is 1.51. The first kappa shape index (κ1) is 25.3. The zero-order valence-electron chi connectivity index (χ0n) is 20.5. The van der Waals surface area contributed by atoms with Crippen LogP contribution in [0.5, 0.6) is 11.5 Å². The highest BCUT2D eigenvalue weighted by Crippen LogP contribution is 2.36. The maximum Gasteiger partial charge on any atom is 0.270 e. The molecule has 0 bridgehead atoms. The molecule has 2 saturated heterocycles. The van der Waals surface area contributed by atoms with Crippen molar-refractivity contribution < 1.29 is 19.0 Å². The number of amides is 1. The van der Waals surface area contributed by atoms with Crippen LogP contribution in [-0.4, -0.2) is 45.7 Å². The van der Waals surface area contributed by atoms with Gasteiger partial charge in [0.25, 0.3) is 11.5 Å². The maximum atomic E-state index is 13.3. The van der Waals surface area contributed by atoms with Crippen LogP contribution < -0.4 is 20.3 Å². The zero-order chi connectivity index (χ0) is 26.1. The van der Waals surface area contributed by atoms with Crippen LogP contribution in [0.3, 0.4) is 0 Å². The molecule has 5 rings (SSSR count). The van der Waals surface area contributed by atoms with Gasteiger partial charge in [0.15, 0.2) is 11.5 Å². The first-order valence-corrected chi connectivity index (χ1v) is 13.3. The van der Waals surface area contributed by atoms with Crippen LogP contribution in [0.4, 0.5) is 5.82 Å². The average Bonchev–Trinajstić information content (AvgIpc) is 3.63. The lowest BCUT2D eigenvalue weighted by Crippen LogP contribution is -2.35. The van der Waals surface area contributed by atoms with E-state index in [1.807, 2.05) is 31.2 Å². The lowest BCUT2D eigenvalue weighted by atomic mass is 10.0. The summed E-state index contributed by atoms with van der Waals surface area (Å²) in [6.07, 6.45) is 3.59. The van der Waals surface area contributed by atoms with Crippen molar-refractivity contribution in [2.75, 3.05) is 25.3 Å². The Bertz CT molecular complexity index is 1410. The highest BCUT2D eigenvalue weighted by molar-refractivity contribution is 8.26. The molecular weight excluding hydrogens is 512 g/mol. The summed E-state index contributed by atoms with van der Waals surface area (Å²) >= 11 is 6.73. The predicted octanol–water partition coefficient (Wildman–Crippen LogP) is 3.77. The van der Waals surface area contributed by atoms with Crippen LogP contribution >= 0.6 is 24.0 Å². The molecule has 1 atom stereocenters. The molecule has 1 amide bonds. The van der Waals surface area contributed by atoms with Gasteiger partial charge in [-0.1, -0.05) is 30.0 Å². The number of carbonyl (C=O) groups is 1. The van der Waals surface area contributed by atoms with Crippen molar-refractivity contribution in [3.05, 3.63) is 55.7 Å². The highest BCUT2D eigenvalue weighted by atomic mass is 32.2. The molecule has 0 aliphatic carbocycles. The molecule has 9 nitrogen and oxygen atoms in total. The van der Waals surface area contributed by atoms with Crippen molar-refractivity contribution >= 4 is 46.1 Å². The first-order valence-electron chi connectivity index (χ1n) is 12.1. The SMILES string of the molecule is CCn1c(NCc2ccc3c(c2)OCO3)c(/C=C2/SC(=S)N(CC3CCCO3)C2=O)c(C)c(C#N)c1=O. The summed E-state index contributed by atoms with van der Waals surface area (Å²) in [7, 11) is 0. The number of hydrogen-bond acceptors (Lipinski definition) is 9. The normalized spacial score (nSPS) is 19.6. The lowest BCUT2D eigenvalue weighted by Gasteiger charge is -2.20. The number of anilines is 1. The number of rotatable bonds is 7. The van der Waals surface area contributed by atoms with E-state index in [0.29, 0.717) is 63.9 Å². The monoisotopic (exact) mass is 538 g/mol. The van der Waals surface area contributed by atoms with Gasteiger partial charge in [-0.2, -0.15) is 5.26 Å². The number of thioether (sulfide) groups is 1. The van der Waals surface area contributed by atoms with Crippen molar-refractivity contribution in [2.45, 2.75) is 45.9 Å². The summed E-state index contributed by atoms with van der Waals surface area (Å²) in [5.74, 6) is 1.69. The molecule has 11 heteroatoms. The van der Waals surface area contributed by atoms with E-state index in [0.717, 1.165) is 18.4 Å². The fourth-order valence-electron chi connectivity index (χ4n) is 4.67. The van der Waals surface area contributed by atoms with Crippen LogP contribution in [0.25, 0.3) is 6.08 Å². The second-order valence-corrected chi connectivity index (χ2v) is 10.6. The minimum Gasteiger partial charge on any atom is -0.454 e. The maximum absolute atomic E-state index is 13.3. The highest BCUT2D eigenvalue weighted by Gasteiger charge is 2.35. The number of benzene rings is 1. The number of nitrogens with zero attached hydrogens (tertiary/aromatic N) is 3. The van der Waals surface area contributed by atoms with Gasteiger partial charge in [0.1, 0.15) is 21.8 Å². The van der Waals surface area contributed by atoms with Crippen molar-refractivity contribution in [1.82, 2.24) is 9.47 Å². The lowest BCUT2D eigenvalue weighted by molar-refractivity contribution is -0.123. The molecule has 3 aliphatic rings. The summed E-state index contributed by atoms with van der Waals surface area (Å²) in [4.78, 5) is 28.5. The number of fused-ring (bicyclic) bond motifs is 1. The Hall–Kier alpha value is -3.33. The number of hydrogen-bond donors (Lipinski definition) is 1. The van der Waals surface area contributed by atoms with E-state index in [1.165, 1.54) is 16.3 Å². The van der Waals surface area contributed by atoms with Gasteiger partial charge in [-0.05, 0) is 56.0 Å². The van der Waals surface area contributed by atoms with E-state index in [9.17, 15) is 14.9 Å². The minimum absolute atomic E-state index is 0.0188. The van der Waals surface area contributed by atoms with E-state index >= 15 is 0 Å². The van der Waals surface area contributed by atoms with Gasteiger partial charge >= 0.3 is 0 Å². The number of aromatic nitrogens is 1. The summed E-state index contributed by atoms with van der Waals surface area (Å²) < 4.78 is 18.6. The molecule has 37 heavy (non-hydrogen) atoms. The number of thiocarbonyl (C=S) groups is 1. The van der Waals surface area contributed by atoms with E-state index in [4.69, 9.17) is 26.4 Å². The summed E-state index contributed by atoms with van der Waals surface area (Å²) in [5.41, 5.74) is 1.72. The van der Waals surface area contributed by atoms with E-state index < -0.39 is 0 Å². The quantitative estimate of drug-likeness (QED) is 0.417. The second kappa shape index (κ2) is 10.6. The van der Waals surface area contributed by atoms with E-state index in [2.05, 4.69) is 5.32 Å². The molecule has 4 heterocycles. The summed E-state index contributed by atoms with van der Waals surface area (Å²) in [6.45, 7) is 5.61. The van der Waals surface area contributed by atoms with Gasteiger partial charge in [0, 0.05) is 25.3 Å². The molecular formula is C26H26N4O5S2. The van der Waals surface area contributed by atoms with E-state index in [-0.39, 0.29) is 29.9 Å². The molecule has 2 aromatic rings. The topological polar surface area (TPSA) is 106 Å². The third-order valence-corrected chi connectivity index (χ3v) is 8.03. The Kier molecular flexibility index (Phi) is 7.24. The molecule has 1 aromatic heterocycles. The summed E-state index contributed by atoms with van der Waals surface area (Å²) in [5, 5.41) is 13.1. The summed E-state index contributed by atoms with van der Waals surface area (Å²) in [6, 6.07) is 7.69. The van der Waals surface area contributed by atoms with Crippen LogP contribution in [-0.2, 0) is 22.6 Å². The van der Waals surface area contributed by atoms with Crippen LogP contribution in [0.2, 0.25) is 0 Å². The molecule has 3 aliphatic heterocycles. The second-order valence-electron chi connectivity index (χ2n) is 8.89. The van der Waals surface area contributed by atoms with Crippen molar-refractivity contribution in [1.29, 1.82) is 5.26 Å². The Morgan fingerprint density at radius 2 is 2.11 bits per heavy atom. The van der Waals surface area contributed by atoms with Crippen LogP contribution in [0, 0.1) is 18.3 Å². The van der Waals surface area contributed by atoms with Gasteiger partial charge in [0.2, 0.25) is 6.79 Å². The van der Waals surface area contributed by atoms with Gasteiger partial charge in [0.05, 0.1) is 17.6 Å². The molecule has 1 N–H and O–H groups in total. The van der Waals surface area contributed by atoms with Gasteiger partial charge in [-0.25, -0.2) is 0 Å². The number of nitriles is 1. The smallest absolute Gasteiger partial charge is 0.270 e. The first-order chi connectivity index (χ1) is 17.9. The largest absolute Gasteiger partial charge is 0.454 e. The van der Waals surface area contributed by atoms with Crippen molar-refractivity contribution in [3.63, 3.8) is 0 Å². The molecule has 0 radical (unpaired) electrons. The third kappa shape index (κ3) is 4.84. The minimum atomic E-state index is -0.376. The third-order valence-electron chi connectivity index (χ3n) is 6.65. The number of carbonyl (C=O) groups excluding carboxylic acids is 1. The number of nitrogens with one attached hydrogen (secondary N) is 1. The van der Waals surface area contributed by atoms with Crippen molar-refractivity contribution in [2.24, 2.45) is 0 Å². The molecule has 2 fully saturated rings. The standard InChI is InChI=1S/C26H26N4O5S2/c1-3-29-23(28-12-16-6-7-20-21(9-16)35-14-34-20)18(15(2)19(11-27)24(29)31)10-22-25(32)30(26(36)37-22)13-17-5-4-8-33-17/h6-7,9-10,17,28H,3-5,8,12-14H2,1-2H3/b22-10+. The molecule has 192 valence electrons. The van der Waals surface area contributed by atoms with Crippen LogP contribution in [0.1, 0.15) is 42.0 Å². The molecule has 0 spiro atoms. The van der Waals surface area contributed by atoms with Crippen LogP contribution in [0.15, 0.2) is 27.9 Å². The molecule has 0 saturated carbocycles. The number of ether oxygens (including phenoxy) is 3. The molecule has 1 aromatic carbocycles.